The molecule has 0 radical (unpaired) electrons. The second kappa shape index (κ2) is 4.91. The molecule has 0 aliphatic heterocycles. The van der Waals surface area contributed by atoms with Crippen molar-refractivity contribution in [1.82, 2.24) is 0 Å². The van der Waals surface area contributed by atoms with Crippen LogP contribution in [0.3, 0.4) is 0 Å². The van der Waals surface area contributed by atoms with Crippen molar-refractivity contribution in [1.29, 1.82) is 0 Å². The van der Waals surface area contributed by atoms with Gasteiger partial charge in [-0.3, -0.25) is 0 Å². The Balaban J connectivity index is 2.21. The third kappa shape index (κ3) is 2.06. The van der Waals surface area contributed by atoms with E-state index in [1.165, 1.54) is 12.8 Å². The highest BCUT2D eigenvalue weighted by molar-refractivity contribution is 5.58. The maximum atomic E-state index is 10.8. The fourth-order valence-electron chi connectivity index (χ4n) is 5.48. The first-order valence-electron chi connectivity index (χ1n) is 8.76. The lowest BCUT2D eigenvalue weighted by Gasteiger charge is -2.54. The van der Waals surface area contributed by atoms with Crippen molar-refractivity contribution in [3.8, 4) is 11.5 Å². The minimum atomic E-state index is -0.00753. The molecular weight excluding hydrogens is 272 g/mol. The van der Waals surface area contributed by atoms with Crippen LogP contribution in [0.25, 0.3) is 0 Å². The predicted molar refractivity (Wildman–Crippen MR) is 90.7 cm³/mol. The number of aromatic hydroxyl groups is 2. The minimum Gasteiger partial charge on any atom is -0.508 e. The molecule has 0 bridgehead atoms. The molecule has 0 saturated heterocycles. The lowest BCUT2D eigenvalue weighted by atomic mass is 9.50. The van der Waals surface area contributed by atoms with E-state index in [2.05, 4.69) is 34.6 Å². The van der Waals surface area contributed by atoms with Crippen LogP contribution in [0, 0.1) is 11.3 Å². The molecule has 2 heteroatoms. The zero-order valence-electron chi connectivity index (χ0n) is 14.7. The predicted octanol–water partition coefficient (Wildman–Crippen LogP) is 5.25. The van der Waals surface area contributed by atoms with Gasteiger partial charge in [-0.15, -0.1) is 0 Å². The molecule has 2 nitrogen and oxygen atoms in total. The van der Waals surface area contributed by atoms with Gasteiger partial charge in [-0.05, 0) is 54.4 Å². The third-order valence-electron chi connectivity index (χ3n) is 6.52. The Morgan fingerprint density at radius 2 is 1.82 bits per heavy atom. The fourth-order valence-corrected chi connectivity index (χ4v) is 5.48. The molecule has 2 unspecified atom stereocenters. The molecule has 2 atom stereocenters. The Kier molecular flexibility index (Phi) is 3.50. The quantitative estimate of drug-likeness (QED) is 0.695. The van der Waals surface area contributed by atoms with E-state index < -0.39 is 0 Å². The van der Waals surface area contributed by atoms with Gasteiger partial charge in [0.15, 0.2) is 0 Å². The van der Waals surface area contributed by atoms with Crippen LogP contribution in [0.5, 0.6) is 11.5 Å². The standard InChI is InChI=1S/C20H30O2/c1-12(2)14-11-15(21)17-13(18(14)22)7-8-16-19(3,4)9-6-10-20(16,17)5/h11-12,16,21-22H,6-10H2,1-5H3. The van der Waals surface area contributed by atoms with E-state index in [4.69, 9.17) is 0 Å². The molecule has 2 aliphatic carbocycles. The SMILES string of the molecule is CC(C)c1cc(O)c2c(c1O)CCC1C(C)(C)CCCC21C. The van der Waals surface area contributed by atoms with E-state index in [1.54, 1.807) is 0 Å². The fraction of sp³-hybridized carbons (Fsp3) is 0.700. The first kappa shape index (κ1) is 15.7. The topological polar surface area (TPSA) is 40.5 Å². The van der Waals surface area contributed by atoms with Gasteiger partial charge in [0.2, 0.25) is 0 Å². The maximum Gasteiger partial charge on any atom is 0.122 e. The third-order valence-corrected chi connectivity index (χ3v) is 6.52. The van der Waals surface area contributed by atoms with Crippen molar-refractivity contribution in [2.45, 2.75) is 78.1 Å². The smallest absolute Gasteiger partial charge is 0.122 e. The van der Waals surface area contributed by atoms with Crippen LogP contribution in [-0.4, -0.2) is 10.2 Å². The minimum absolute atomic E-state index is 0.00753. The Morgan fingerprint density at radius 3 is 2.45 bits per heavy atom. The summed E-state index contributed by atoms with van der Waals surface area (Å²) in [5.74, 6) is 1.65. The van der Waals surface area contributed by atoms with Gasteiger partial charge in [0.25, 0.3) is 0 Å². The first-order chi connectivity index (χ1) is 10.2. The van der Waals surface area contributed by atoms with Crippen LogP contribution in [0.2, 0.25) is 0 Å². The van der Waals surface area contributed by atoms with E-state index in [-0.39, 0.29) is 11.3 Å². The lowest BCUT2D eigenvalue weighted by Crippen LogP contribution is -2.47. The van der Waals surface area contributed by atoms with Crippen LogP contribution in [0.4, 0.5) is 0 Å². The van der Waals surface area contributed by atoms with Crippen molar-refractivity contribution in [3.63, 3.8) is 0 Å². The van der Waals surface area contributed by atoms with E-state index in [9.17, 15) is 10.2 Å². The molecule has 0 amide bonds. The average Bonchev–Trinajstić information content (AvgIpc) is 2.40. The number of benzene rings is 1. The largest absolute Gasteiger partial charge is 0.508 e. The molecule has 122 valence electrons. The Morgan fingerprint density at radius 1 is 1.14 bits per heavy atom. The second-order valence-electron chi connectivity index (χ2n) is 8.69. The van der Waals surface area contributed by atoms with Crippen LogP contribution in [0.1, 0.15) is 82.9 Å². The molecule has 1 aromatic carbocycles. The normalized spacial score (nSPS) is 30.0. The zero-order chi connectivity index (χ0) is 16.3. The van der Waals surface area contributed by atoms with Crippen molar-refractivity contribution < 1.29 is 10.2 Å². The van der Waals surface area contributed by atoms with Gasteiger partial charge >= 0.3 is 0 Å². The number of phenols is 2. The number of phenolic OH excluding ortho intramolecular Hbond substituents is 2. The van der Waals surface area contributed by atoms with E-state index in [0.29, 0.717) is 22.8 Å². The highest BCUT2D eigenvalue weighted by Gasteiger charge is 2.51. The summed E-state index contributed by atoms with van der Waals surface area (Å²) in [6.45, 7) is 11.2. The van der Waals surface area contributed by atoms with Crippen LogP contribution in [-0.2, 0) is 11.8 Å². The first-order valence-corrected chi connectivity index (χ1v) is 8.76. The van der Waals surface area contributed by atoms with Crippen LogP contribution < -0.4 is 0 Å². The summed E-state index contributed by atoms with van der Waals surface area (Å²) in [6.07, 6.45) is 5.58. The average molecular weight is 302 g/mol. The Bertz CT molecular complexity index is 600. The van der Waals surface area contributed by atoms with Gasteiger partial charge in [-0.1, -0.05) is 41.0 Å². The summed E-state index contributed by atoms with van der Waals surface area (Å²) in [4.78, 5) is 0. The van der Waals surface area contributed by atoms with E-state index >= 15 is 0 Å². The number of hydrogen-bond donors (Lipinski definition) is 2. The maximum absolute atomic E-state index is 10.8. The molecule has 0 aromatic heterocycles. The molecule has 2 N–H and O–H groups in total. The van der Waals surface area contributed by atoms with Gasteiger partial charge in [0.05, 0.1) is 0 Å². The lowest BCUT2D eigenvalue weighted by molar-refractivity contribution is 0.0387. The van der Waals surface area contributed by atoms with Gasteiger partial charge in [0, 0.05) is 16.7 Å². The van der Waals surface area contributed by atoms with Crippen LogP contribution in [0.15, 0.2) is 6.07 Å². The van der Waals surface area contributed by atoms with Gasteiger partial charge in [-0.2, -0.15) is 0 Å². The van der Waals surface area contributed by atoms with Gasteiger partial charge in [0.1, 0.15) is 11.5 Å². The second-order valence-corrected chi connectivity index (χ2v) is 8.69. The molecule has 1 fully saturated rings. The molecule has 1 aromatic rings. The monoisotopic (exact) mass is 302 g/mol. The number of rotatable bonds is 1. The van der Waals surface area contributed by atoms with Crippen molar-refractivity contribution in [2.24, 2.45) is 11.3 Å². The summed E-state index contributed by atoms with van der Waals surface area (Å²) in [7, 11) is 0. The van der Waals surface area contributed by atoms with Gasteiger partial charge in [-0.25, -0.2) is 0 Å². The molecule has 3 rings (SSSR count). The van der Waals surface area contributed by atoms with Gasteiger partial charge < -0.3 is 10.2 Å². The van der Waals surface area contributed by atoms with Crippen molar-refractivity contribution >= 4 is 0 Å². The number of fused-ring (bicyclic) bond motifs is 3. The molecule has 0 heterocycles. The summed E-state index contributed by atoms with van der Waals surface area (Å²) in [5.41, 5.74) is 3.24. The van der Waals surface area contributed by atoms with Crippen LogP contribution >= 0.6 is 0 Å². The Labute approximate surface area is 134 Å². The Hall–Kier alpha value is -1.18. The highest BCUT2D eigenvalue weighted by atomic mass is 16.3. The molecule has 2 aliphatic rings. The molecule has 0 spiro atoms. The summed E-state index contributed by atoms with van der Waals surface area (Å²) < 4.78 is 0. The highest BCUT2D eigenvalue weighted by Crippen LogP contribution is 2.60. The summed E-state index contributed by atoms with van der Waals surface area (Å²) in [5, 5.41) is 21.5. The summed E-state index contributed by atoms with van der Waals surface area (Å²) >= 11 is 0. The summed E-state index contributed by atoms with van der Waals surface area (Å²) in [6, 6.07) is 1.81. The number of hydrogen-bond acceptors (Lipinski definition) is 2. The molecule has 1 saturated carbocycles. The van der Waals surface area contributed by atoms with Crippen molar-refractivity contribution in [3.05, 3.63) is 22.8 Å². The molecule has 22 heavy (non-hydrogen) atoms. The molecular formula is C20H30O2. The zero-order valence-corrected chi connectivity index (χ0v) is 14.7. The van der Waals surface area contributed by atoms with Crippen molar-refractivity contribution in [2.75, 3.05) is 0 Å². The van der Waals surface area contributed by atoms with E-state index in [1.807, 2.05) is 6.07 Å². The van der Waals surface area contributed by atoms with E-state index in [0.717, 1.165) is 36.0 Å².